The highest BCUT2D eigenvalue weighted by atomic mass is 16.5. The van der Waals surface area contributed by atoms with Crippen LogP contribution in [0.25, 0.3) is 0 Å². The molecule has 2 N–H and O–H groups in total. The summed E-state index contributed by atoms with van der Waals surface area (Å²) in [5.74, 6) is -0.314. The second kappa shape index (κ2) is 20.6. The lowest BCUT2D eigenvalue weighted by Crippen LogP contribution is -2.30. The summed E-state index contributed by atoms with van der Waals surface area (Å²) >= 11 is 0. The minimum absolute atomic E-state index is 0.00359. The van der Waals surface area contributed by atoms with Gasteiger partial charge in [-0.1, -0.05) is 97.3 Å². The van der Waals surface area contributed by atoms with Gasteiger partial charge in [0.25, 0.3) is 0 Å². The van der Waals surface area contributed by atoms with Gasteiger partial charge in [0.15, 0.2) is 0 Å². The van der Waals surface area contributed by atoms with E-state index in [0.717, 1.165) is 25.1 Å². The normalized spacial score (nSPS) is 10.7. The van der Waals surface area contributed by atoms with Crippen LogP contribution in [0.5, 0.6) is 0 Å². The molecule has 188 valence electrons. The molecule has 5 heteroatoms. The Balaban J connectivity index is 1.93. The third-order valence-electron chi connectivity index (χ3n) is 5.86. The summed E-state index contributed by atoms with van der Waals surface area (Å²) in [7, 11) is 0. The van der Waals surface area contributed by atoms with Crippen molar-refractivity contribution in [3.05, 3.63) is 29.8 Å². The van der Waals surface area contributed by atoms with Crippen LogP contribution in [-0.4, -0.2) is 31.6 Å². The number of unbranched alkanes of at least 4 members (excludes halogenated alkanes) is 13. The van der Waals surface area contributed by atoms with E-state index in [-0.39, 0.29) is 18.4 Å². The second-order valence-electron chi connectivity index (χ2n) is 9.01. The predicted molar refractivity (Wildman–Crippen MR) is 139 cm³/mol. The van der Waals surface area contributed by atoms with Gasteiger partial charge in [0.1, 0.15) is 0 Å². The third kappa shape index (κ3) is 16.3. The van der Waals surface area contributed by atoms with E-state index in [0.29, 0.717) is 12.2 Å². The summed E-state index contributed by atoms with van der Waals surface area (Å²) in [5.41, 5.74) is 1.34. The van der Waals surface area contributed by atoms with E-state index in [1.54, 1.807) is 24.3 Å². The first kappa shape index (κ1) is 29.0. The van der Waals surface area contributed by atoms with Gasteiger partial charge in [-0.2, -0.15) is 0 Å². The standard InChI is InChI=1S/C28H48N2O3/c1-3-5-6-7-8-9-10-11-12-13-14-15-16-17-22-29-27(31)24-30-26-20-18-25(19-21-26)28(32)33-23-4-2/h18-21,30H,3-17,22-24H2,1-2H3,(H,29,31). The van der Waals surface area contributed by atoms with E-state index in [1.165, 1.54) is 83.5 Å². The Morgan fingerprint density at radius 1 is 0.697 bits per heavy atom. The number of benzene rings is 1. The Morgan fingerprint density at radius 2 is 1.21 bits per heavy atom. The van der Waals surface area contributed by atoms with Crippen molar-refractivity contribution in [2.24, 2.45) is 0 Å². The number of ether oxygens (including phenoxy) is 1. The molecule has 0 radical (unpaired) electrons. The van der Waals surface area contributed by atoms with Crippen LogP contribution in [0, 0.1) is 0 Å². The van der Waals surface area contributed by atoms with Crippen LogP contribution in [0.1, 0.15) is 121 Å². The Hall–Kier alpha value is -2.04. The first-order valence-electron chi connectivity index (χ1n) is 13.4. The molecule has 33 heavy (non-hydrogen) atoms. The Labute approximate surface area is 202 Å². The van der Waals surface area contributed by atoms with Crippen molar-refractivity contribution in [2.45, 2.75) is 110 Å². The van der Waals surface area contributed by atoms with Crippen molar-refractivity contribution >= 4 is 17.6 Å². The van der Waals surface area contributed by atoms with Crippen molar-refractivity contribution in [3.8, 4) is 0 Å². The van der Waals surface area contributed by atoms with Crippen LogP contribution in [0.4, 0.5) is 5.69 Å². The zero-order chi connectivity index (χ0) is 24.0. The fraction of sp³-hybridized carbons (Fsp3) is 0.714. The molecule has 0 aliphatic carbocycles. The lowest BCUT2D eigenvalue weighted by Gasteiger charge is -2.09. The van der Waals surface area contributed by atoms with E-state index < -0.39 is 0 Å². The van der Waals surface area contributed by atoms with E-state index in [4.69, 9.17) is 4.74 Å². The summed E-state index contributed by atoms with van der Waals surface area (Å²) < 4.78 is 5.11. The van der Waals surface area contributed by atoms with Gasteiger partial charge in [-0.3, -0.25) is 4.79 Å². The molecule has 1 aromatic rings. The van der Waals surface area contributed by atoms with Crippen LogP contribution >= 0.6 is 0 Å². The molecule has 0 atom stereocenters. The first-order chi connectivity index (χ1) is 16.2. The highest BCUT2D eigenvalue weighted by Crippen LogP contribution is 2.13. The number of carbonyl (C=O) groups excluding carboxylic acids is 2. The number of rotatable bonds is 21. The highest BCUT2D eigenvalue weighted by Gasteiger charge is 2.06. The summed E-state index contributed by atoms with van der Waals surface area (Å²) in [6, 6.07) is 7.02. The zero-order valence-corrected chi connectivity index (χ0v) is 21.3. The fourth-order valence-corrected chi connectivity index (χ4v) is 3.79. The SMILES string of the molecule is CCCCCCCCCCCCCCCCNC(=O)CNc1ccc(C(=O)OCCC)cc1. The van der Waals surface area contributed by atoms with E-state index >= 15 is 0 Å². The maximum absolute atomic E-state index is 12.0. The number of nitrogens with one attached hydrogen (secondary N) is 2. The minimum Gasteiger partial charge on any atom is -0.462 e. The molecule has 0 heterocycles. The molecule has 0 spiro atoms. The number of carbonyl (C=O) groups is 2. The lowest BCUT2D eigenvalue weighted by atomic mass is 10.0. The Bertz CT molecular complexity index is 616. The summed E-state index contributed by atoms with van der Waals surface area (Å²) in [4.78, 5) is 23.8. The number of hydrogen-bond donors (Lipinski definition) is 2. The molecule has 0 fully saturated rings. The van der Waals surface area contributed by atoms with Gasteiger partial charge in [0, 0.05) is 12.2 Å². The Morgan fingerprint density at radius 3 is 1.73 bits per heavy atom. The van der Waals surface area contributed by atoms with Crippen molar-refractivity contribution in [1.29, 1.82) is 0 Å². The average Bonchev–Trinajstić information content (AvgIpc) is 2.84. The van der Waals surface area contributed by atoms with Crippen LogP contribution in [0.15, 0.2) is 24.3 Å². The summed E-state index contributed by atoms with van der Waals surface area (Å²) in [6.45, 7) is 5.63. The topological polar surface area (TPSA) is 67.4 Å². The smallest absolute Gasteiger partial charge is 0.338 e. The van der Waals surface area contributed by atoms with E-state index in [2.05, 4.69) is 17.6 Å². The summed E-state index contributed by atoms with van der Waals surface area (Å²) in [5, 5.41) is 6.07. The molecular formula is C28H48N2O3. The van der Waals surface area contributed by atoms with Crippen molar-refractivity contribution < 1.29 is 14.3 Å². The molecule has 1 rings (SSSR count). The largest absolute Gasteiger partial charge is 0.462 e. The van der Waals surface area contributed by atoms with Crippen LogP contribution in [0.2, 0.25) is 0 Å². The zero-order valence-electron chi connectivity index (χ0n) is 21.3. The van der Waals surface area contributed by atoms with Crippen molar-refractivity contribution in [2.75, 3.05) is 25.0 Å². The molecule has 1 aromatic carbocycles. The highest BCUT2D eigenvalue weighted by molar-refractivity contribution is 5.90. The molecule has 5 nitrogen and oxygen atoms in total. The molecule has 1 amide bonds. The van der Waals surface area contributed by atoms with Gasteiger partial charge in [-0.05, 0) is 37.1 Å². The maximum Gasteiger partial charge on any atom is 0.338 e. The van der Waals surface area contributed by atoms with E-state index in [9.17, 15) is 9.59 Å². The van der Waals surface area contributed by atoms with Gasteiger partial charge >= 0.3 is 5.97 Å². The molecule has 0 unspecified atom stereocenters. The van der Waals surface area contributed by atoms with Gasteiger partial charge < -0.3 is 15.4 Å². The van der Waals surface area contributed by atoms with E-state index in [1.807, 2.05) is 6.92 Å². The molecule has 0 aromatic heterocycles. The number of hydrogen-bond acceptors (Lipinski definition) is 4. The molecule has 0 aliphatic rings. The summed E-state index contributed by atoms with van der Waals surface area (Å²) in [6.07, 6.45) is 19.5. The molecule has 0 saturated heterocycles. The van der Waals surface area contributed by atoms with Gasteiger partial charge in [-0.15, -0.1) is 0 Å². The van der Waals surface area contributed by atoms with Gasteiger partial charge in [0.2, 0.25) is 5.91 Å². The Kier molecular flexibility index (Phi) is 18.1. The number of anilines is 1. The van der Waals surface area contributed by atoms with Crippen LogP contribution in [0.3, 0.4) is 0 Å². The lowest BCUT2D eigenvalue weighted by molar-refractivity contribution is -0.119. The van der Waals surface area contributed by atoms with Crippen molar-refractivity contribution in [3.63, 3.8) is 0 Å². The molecule has 0 saturated carbocycles. The van der Waals surface area contributed by atoms with Crippen molar-refractivity contribution in [1.82, 2.24) is 5.32 Å². The fourth-order valence-electron chi connectivity index (χ4n) is 3.79. The third-order valence-corrected chi connectivity index (χ3v) is 5.86. The van der Waals surface area contributed by atoms with Crippen LogP contribution < -0.4 is 10.6 Å². The maximum atomic E-state index is 12.0. The van der Waals surface area contributed by atoms with Crippen LogP contribution in [-0.2, 0) is 9.53 Å². The average molecular weight is 461 g/mol. The first-order valence-corrected chi connectivity index (χ1v) is 13.4. The quantitative estimate of drug-likeness (QED) is 0.150. The second-order valence-corrected chi connectivity index (χ2v) is 9.01. The minimum atomic E-state index is -0.311. The van der Waals surface area contributed by atoms with Gasteiger partial charge in [-0.25, -0.2) is 4.79 Å². The number of amides is 1. The predicted octanol–water partition coefficient (Wildman–Crippen LogP) is 7.26. The number of esters is 1. The molecule has 0 bridgehead atoms. The molecule has 0 aliphatic heterocycles. The monoisotopic (exact) mass is 460 g/mol. The van der Waals surface area contributed by atoms with Gasteiger partial charge in [0.05, 0.1) is 18.7 Å². The molecular weight excluding hydrogens is 412 g/mol.